The first-order chi connectivity index (χ1) is 9.38. The zero-order valence-corrected chi connectivity index (χ0v) is 12.3. The van der Waals surface area contributed by atoms with Crippen LogP contribution >= 0.6 is 11.8 Å². The van der Waals surface area contributed by atoms with Crippen molar-refractivity contribution in [2.24, 2.45) is 0 Å². The van der Waals surface area contributed by atoms with Crippen LogP contribution in [0.5, 0.6) is 0 Å². The summed E-state index contributed by atoms with van der Waals surface area (Å²) >= 11 is 1.21. The fraction of sp³-hybridized carbons (Fsp3) is 0.214. The van der Waals surface area contributed by atoms with E-state index in [1.807, 2.05) is 20.8 Å². The van der Waals surface area contributed by atoms with Crippen molar-refractivity contribution in [2.75, 3.05) is 5.73 Å². The number of nitrogens with two attached hydrogens (primary N) is 1. The molecule has 104 valence electrons. The molecule has 2 aromatic rings. The highest BCUT2D eigenvalue weighted by Crippen LogP contribution is 2.30. The minimum absolute atomic E-state index is 0.198. The van der Waals surface area contributed by atoms with E-state index in [0.717, 1.165) is 17.0 Å². The maximum absolute atomic E-state index is 11.2. The Labute approximate surface area is 121 Å². The van der Waals surface area contributed by atoms with Gasteiger partial charge in [0.05, 0.1) is 5.56 Å². The first-order valence-electron chi connectivity index (χ1n) is 6.01. The molecule has 0 saturated heterocycles. The standard InChI is InChI=1S/C14H15N3O2S/c1-7-8(2)16-14(17-9(7)3)20-12-6-10(15)4-5-11(12)13(18)19/h4-6H,15H2,1-3H3,(H,18,19). The molecule has 0 aliphatic heterocycles. The fourth-order valence-electron chi connectivity index (χ4n) is 1.69. The van der Waals surface area contributed by atoms with E-state index in [9.17, 15) is 9.90 Å². The summed E-state index contributed by atoms with van der Waals surface area (Å²) in [6.45, 7) is 5.78. The third-order valence-corrected chi connectivity index (χ3v) is 3.97. The summed E-state index contributed by atoms with van der Waals surface area (Å²) in [5, 5.41) is 9.72. The zero-order valence-electron chi connectivity index (χ0n) is 11.5. The molecule has 1 aromatic heterocycles. The summed E-state index contributed by atoms with van der Waals surface area (Å²) in [6, 6.07) is 4.69. The van der Waals surface area contributed by atoms with Crippen molar-refractivity contribution in [3.63, 3.8) is 0 Å². The van der Waals surface area contributed by atoms with Crippen molar-refractivity contribution >= 4 is 23.4 Å². The average Bonchev–Trinajstić information content (AvgIpc) is 2.35. The van der Waals surface area contributed by atoms with Crippen molar-refractivity contribution in [1.29, 1.82) is 0 Å². The lowest BCUT2D eigenvalue weighted by Gasteiger charge is -2.09. The molecule has 6 heteroatoms. The highest BCUT2D eigenvalue weighted by atomic mass is 32.2. The number of hydrogen-bond acceptors (Lipinski definition) is 5. The van der Waals surface area contributed by atoms with E-state index in [2.05, 4.69) is 9.97 Å². The van der Waals surface area contributed by atoms with Gasteiger partial charge in [-0.05, 0) is 56.3 Å². The lowest BCUT2D eigenvalue weighted by atomic mass is 10.2. The fourth-order valence-corrected chi connectivity index (χ4v) is 2.71. The highest BCUT2D eigenvalue weighted by Gasteiger charge is 2.14. The molecule has 0 radical (unpaired) electrons. The van der Waals surface area contributed by atoms with Crippen molar-refractivity contribution in [1.82, 2.24) is 9.97 Å². The van der Waals surface area contributed by atoms with Crippen LogP contribution in [0.3, 0.4) is 0 Å². The van der Waals surface area contributed by atoms with Gasteiger partial charge in [0.1, 0.15) is 0 Å². The van der Waals surface area contributed by atoms with Gasteiger partial charge in [-0.1, -0.05) is 0 Å². The van der Waals surface area contributed by atoms with Gasteiger partial charge >= 0.3 is 5.97 Å². The van der Waals surface area contributed by atoms with Crippen LogP contribution in [0.15, 0.2) is 28.3 Å². The van der Waals surface area contributed by atoms with Crippen LogP contribution in [0, 0.1) is 20.8 Å². The van der Waals surface area contributed by atoms with Gasteiger partial charge < -0.3 is 10.8 Å². The number of aromatic nitrogens is 2. The molecule has 1 aromatic carbocycles. The molecule has 0 fully saturated rings. The summed E-state index contributed by atoms with van der Waals surface area (Å²) < 4.78 is 0. The largest absolute Gasteiger partial charge is 0.478 e. The summed E-state index contributed by atoms with van der Waals surface area (Å²) in [7, 11) is 0. The first-order valence-corrected chi connectivity index (χ1v) is 6.82. The van der Waals surface area contributed by atoms with Crippen LogP contribution < -0.4 is 5.73 Å². The maximum atomic E-state index is 11.2. The molecule has 5 nitrogen and oxygen atoms in total. The number of carboxylic acid groups (broad SMARTS) is 1. The van der Waals surface area contributed by atoms with Crippen LogP contribution in [0.4, 0.5) is 5.69 Å². The lowest BCUT2D eigenvalue weighted by Crippen LogP contribution is -2.02. The van der Waals surface area contributed by atoms with Crippen LogP contribution in [-0.2, 0) is 0 Å². The zero-order chi connectivity index (χ0) is 14.9. The molecule has 1 heterocycles. The predicted molar refractivity (Wildman–Crippen MR) is 78.2 cm³/mol. The Bertz CT molecular complexity index is 663. The smallest absolute Gasteiger partial charge is 0.336 e. The van der Waals surface area contributed by atoms with E-state index in [-0.39, 0.29) is 5.56 Å². The molecule has 0 unspecified atom stereocenters. The molecule has 0 bridgehead atoms. The van der Waals surface area contributed by atoms with Gasteiger partial charge in [0.2, 0.25) is 0 Å². The summed E-state index contributed by atoms with van der Waals surface area (Å²) in [6.07, 6.45) is 0. The number of carbonyl (C=O) groups is 1. The SMILES string of the molecule is Cc1nc(Sc2cc(N)ccc2C(=O)O)nc(C)c1C. The molecule has 3 N–H and O–H groups in total. The Hall–Kier alpha value is -2.08. The molecular formula is C14H15N3O2S. The van der Waals surface area contributed by atoms with Crippen molar-refractivity contribution < 1.29 is 9.90 Å². The van der Waals surface area contributed by atoms with Crippen molar-refractivity contribution in [3.8, 4) is 0 Å². The number of anilines is 1. The third-order valence-electron chi connectivity index (χ3n) is 3.05. The monoisotopic (exact) mass is 289 g/mol. The number of aryl methyl sites for hydroxylation is 2. The number of nitrogen functional groups attached to an aromatic ring is 1. The first kappa shape index (κ1) is 14.3. The molecule has 0 saturated carbocycles. The van der Waals surface area contributed by atoms with Crippen molar-refractivity contribution in [2.45, 2.75) is 30.8 Å². The van der Waals surface area contributed by atoms with Crippen LogP contribution in [-0.4, -0.2) is 21.0 Å². The highest BCUT2D eigenvalue weighted by molar-refractivity contribution is 7.99. The van der Waals surface area contributed by atoms with Gasteiger partial charge in [-0.3, -0.25) is 0 Å². The second-order valence-corrected chi connectivity index (χ2v) is 5.47. The second kappa shape index (κ2) is 5.50. The molecule has 0 aliphatic carbocycles. The summed E-state index contributed by atoms with van der Waals surface area (Å²) in [5.74, 6) is -0.993. The normalized spacial score (nSPS) is 10.6. The van der Waals surface area contributed by atoms with Crippen LogP contribution in [0.1, 0.15) is 27.3 Å². The molecule has 2 rings (SSSR count). The maximum Gasteiger partial charge on any atom is 0.336 e. The number of aromatic carboxylic acids is 1. The van der Waals surface area contributed by atoms with E-state index < -0.39 is 5.97 Å². The topological polar surface area (TPSA) is 89.1 Å². The number of hydrogen-bond donors (Lipinski definition) is 2. The summed E-state index contributed by atoms with van der Waals surface area (Å²) in [5.41, 5.74) is 9.25. The molecular weight excluding hydrogens is 274 g/mol. The third kappa shape index (κ3) is 2.91. The molecule has 0 spiro atoms. The van der Waals surface area contributed by atoms with Gasteiger partial charge in [0.25, 0.3) is 0 Å². The quantitative estimate of drug-likeness (QED) is 0.667. The Morgan fingerprint density at radius 1 is 1.20 bits per heavy atom. The van der Waals surface area contributed by atoms with Gasteiger partial charge in [0.15, 0.2) is 5.16 Å². The van der Waals surface area contributed by atoms with Gasteiger partial charge in [-0.2, -0.15) is 0 Å². The van der Waals surface area contributed by atoms with Crippen molar-refractivity contribution in [3.05, 3.63) is 40.7 Å². The summed E-state index contributed by atoms with van der Waals surface area (Å²) in [4.78, 5) is 20.5. The van der Waals surface area contributed by atoms with Gasteiger partial charge in [-0.15, -0.1) is 0 Å². The average molecular weight is 289 g/mol. The molecule has 0 aliphatic rings. The van der Waals surface area contributed by atoms with Gasteiger partial charge in [-0.25, -0.2) is 14.8 Å². The number of carboxylic acids is 1. The molecule has 20 heavy (non-hydrogen) atoms. The van der Waals surface area contributed by atoms with E-state index in [4.69, 9.17) is 5.73 Å². The van der Waals surface area contributed by atoms with E-state index in [0.29, 0.717) is 15.7 Å². The van der Waals surface area contributed by atoms with E-state index in [1.165, 1.54) is 17.8 Å². The Morgan fingerprint density at radius 3 is 2.35 bits per heavy atom. The Morgan fingerprint density at radius 2 is 1.80 bits per heavy atom. The Balaban J connectivity index is 2.44. The number of benzene rings is 1. The Kier molecular flexibility index (Phi) is 3.94. The lowest BCUT2D eigenvalue weighted by molar-refractivity contribution is 0.0693. The van der Waals surface area contributed by atoms with Gasteiger partial charge in [0, 0.05) is 22.0 Å². The predicted octanol–water partition coefficient (Wildman–Crippen LogP) is 2.83. The van der Waals surface area contributed by atoms with E-state index >= 15 is 0 Å². The minimum atomic E-state index is -0.993. The molecule has 0 amide bonds. The van der Waals surface area contributed by atoms with E-state index in [1.54, 1.807) is 12.1 Å². The van der Waals surface area contributed by atoms with Crippen LogP contribution in [0.25, 0.3) is 0 Å². The van der Waals surface area contributed by atoms with Crippen LogP contribution in [0.2, 0.25) is 0 Å². The minimum Gasteiger partial charge on any atom is -0.478 e. The molecule has 0 atom stereocenters. The number of nitrogens with zero attached hydrogens (tertiary/aromatic N) is 2. The number of rotatable bonds is 3. The second-order valence-electron chi connectivity index (χ2n) is 4.46.